The number of thiazole rings is 1. The number of morpholine rings is 1. The predicted octanol–water partition coefficient (Wildman–Crippen LogP) is 2.13. The molecule has 9 heteroatoms. The Balaban J connectivity index is 1.21. The molecule has 2 aromatic heterocycles. The van der Waals surface area contributed by atoms with Crippen LogP contribution in [0.4, 0.5) is 0 Å². The first kappa shape index (κ1) is 19.1. The second-order valence-corrected chi connectivity index (χ2v) is 9.48. The summed E-state index contributed by atoms with van der Waals surface area (Å²) in [6.07, 6.45) is 6.61. The number of rotatable bonds is 4. The molecule has 0 aromatic carbocycles. The maximum absolute atomic E-state index is 12.7. The molecule has 0 bridgehead atoms. The minimum Gasteiger partial charge on any atom is -0.378 e. The van der Waals surface area contributed by atoms with E-state index >= 15 is 0 Å². The third-order valence-corrected chi connectivity index (χ3v) is 7.95. The van der Waals surface area contributed by atoms with Crippen molar-refractivity contribution in [3.8, 4) is 0 Å². The molecule has 3 fully saturated rings. The highest BCUT2D eigenvalue weighted by atomic mass is 32.1. The molecule has 1 atom stereocenters. The average Bonchev–Trinajstić information content (AvgIpc) is 3.37. The second kappa shape index (κ2) is 7.77. The van der Waals surface area contributed by atoms with Gasteiger partial charge in [0.25, 0.3) is 5.91 Å². The van der Waals surface area contributed by atoms with Crippen LogP contribution in [-0.4, -0.2) is 75.1 Å². The van der Waals surface area contributed by atoms with Crippen LogP contribution in [0.15, 0.2) is 11.7 Å². The summed E-state index contributed by atoms with van der Waals surface area (Å²) in [6, 6.07) is 0.369. The summed E-state index contributed by atoms with van der Waals surface area (Å²) in [5.41, 5.74) is 3.88. The largest absolute Gasteiger partial charge is 0.378 e. The molecule has 1 amide bonds. The van der Waals surface area contributed by atoms with Crippen molar-refractivity contribution in [3.63, 3.8) is 0 Å². The van der Waals surface area contributed by atoms with Crippen molar-refractivity contribution in [3.05, 3.63) is 28.0 Å². The van der Waals surface area contributed by atoms with Crippen LogP contribution in [0, 0.1) is 12.3 Å². The lowest BCUT2D eigenvalue weighted by Crippen LogP contribution is -2.49. The number of aryl methyl sites for hydroxylation is 1. The van der Waals surface area contributed by atoms with E-state index < -0.39 is 0 Å². The van der Waals surface area contributed by atoms with Crippen molar-refractivity contribution in [1.82, 2.24) is 29.8 Å². The van der Waals surface area contributed by atoms with Crippen LogP contribution < -0.4 is 0 Å². The summed E-state index contributed by atoms with van der Waals surface area (Å²) in [4.78, 5) is 22.8. The molecule has 0 radical (unpaired) electrons. The van der Waals surface area contributed by atoms with Crippen molar-refractivity contribution in [2.45, 2.75) is 45.2 Å². The van der Waals surface area contributed by atoms with Crippen LogP contribution in [0.1, 0.15) is 52.8 Å². The smallest absolute Gasteiger partial charge is 0.276 e. The molecule has 156 valence electrons. The SMILES string of the molecule is Cc1ncsc1CN1CCC2(CCC2n2cc(C(=O)N3CCOCC3)nn2)CC1. The van der Waals surface area contributed by atoms with E-state index in [1.807, 2.05) is 21.3 Å². The van der Waals surface area contributed by atoms with Gasteiger partial charge in [0.05, 0.1) is 36.7 Å². The molecule has 5 rings (SSSR count). The molecule has 4 heterocycles. The maximum Gasteiger partial charge on any atom is 0.276 e. The Morgan fingerprint density at radius 2 is 2.03 bits per heavy atom. The Morgan fingerprint density at radius 1 is 1.24 bits per heavy atom. The van der Waals surface area contributed by atoms with E-state index in [1.165, 1.54) is 24.1 Å². The lowest BCUT2D eigenvalue weighted by molar-refractivity contribution is -0.0332. The summed E-state index contributed by atoms with van der Waals surface area (Å²) >= 11 is 1.76. The summed E-state index contributed by atoms with van der Waals surface area (Å²) in [5, 5.41) is 8.57. The molecule has 1 unspecified atom stereocenters. The number of nitrogens with zero attached hydrogens (tertiary/aromatic N) is 6. The zero-order chi connectivity index (χ0) is 19.8. The molecule has 29 heavy (non-hydrogen) atoms. The predicted molar refractivity (Wildman–Crippen MR) is 109 cm³/mol. The first-order chi connectivity index (χ1) is 14.1. The van der Waals surface area contributed by atoms with Gasteiger partial charge in [-0.1, -0.05) is 5.21 Å². The van der Waals surface area contributed by atoms with Crippen molar-refractivity contribution in [1.29, 1.82) is 0 Å². The lowest BCUT2D eigenvalue weighted by Gasteiger charge is -2.53. The second-order valence-electron chi connectivity index (χ2n) is 8.54. The van der Waals surface area contributed by atoms with Gasteiger partial charge in [-0.25, -0.2) is 9.67 Å². The van der Waals surface area contributed by atoms with E-state index in [0.29, 0.717) is 43.5 Å². The van der Waals surface area contributed by atoms with Crippen LogP contribution >= 0.6 is 11.3 Å². The molecule has 8 nitrogen and oxygen atoms in total. The number of hydrogen-bond acceptors (Lipinski definition) is 7. The zero-order valence-electron chi connectivity index (χ0n) is 16.9. The number of amides is 1. The third-order valence-electron chi connectivity index (χ3n) is 7.03. The Hall–Kier alpha value is -1.84. The number of aromatic nitrogens is 4. The standard InChI is InChI=1S/C20H28N6O2S/c1-15-17(29-14-21-15)13-24-6-4-20(5-7-24)3-2-18(20)26-12-16(22-23-26)19(27)25-8-10-28-11-9-25/h12,14,18H,2-11,13H2,1H3. The number of likely N-dealkylation sites (tertiary alicyclic amines) is 1. The van der Waals surface area contributed by atoms with Gasteiger partial charge in [0.15, 0.2) is 5.69 Å². The van der Waals surface area contributed by atoms with Crippen molar-refractivity contribution >= 4 is 17.2 Å². The van der Waals surface area contributed by atoms with Gasteiger partial charge in [-0.3, -0.25) is 9.69 Å². The molecule has 2 aromatic rings. The summed E-state index contributed by atoms with van der Waals surface area (Å²) < 4.78 is 7.31. The van der Waals surface area contributed by atoms with E-state index in [2.05, 4.69) is 27.1 Å². The fraction of sp³-hybridized carbons (Fsp3) is 0.700. The van der Waals surface area contributed by atoms with Crippen LogP contribution in [0.2, 0.25) is 0 Å². The Morgan fingerprint density at radius 3 is 2.69 bits per heavy atom. The quantitative estimate of drug-likeness (QED) is 0.760. The van der Waals surface area contributed by atoms with Crippen LogP contribution in [0.3, 0.4) is 0 Å². The topological polar surface area (TPSA) is 76.4 Å². The molecule has 3 aliphatic rings. The van der Waals surface area contributed by atoms with Crippen LogP contribution in [0.5, 0.6) is 0 Å². The molecule has 2 aliphatic heterocycles. The molecule has 2 saturated heterocycles. The zero-order valence-corrected chi connectivity index (χ0v) is 17.7. The van der Waals surface area contributed by atoms with Gasteiger partial charge in [-0.2, -0.15) is 0 Å². The Bertz CT molecular complexity index is 866. The summed E-state index contributed by atoms with van der Waals surface area (Å²) in [6.45, 7) is 7.80. The fourth-order valence-corrected chi connectivity index (χ4v) is 5.79. The highest BCUT2D eigenvalue weighted by molar-refractivity contribution is 7.09. The van der Waals surface area contributed by atoms with Gasteiger partial charge >= 0.3 is 0 Å². The number of carbonyl (C=O) groups excluding carboxylic acids is 1. The van der Waals surface area contributed by atoms with Gasteiger partial charge in [-0.15, -0.1) is 16.4 Å². The van der Waals surface area contributed by atoms with Gasteiger partial charge in [0.1, 0.15) is 0 Å². The van der Waals surface area contributed by atoms with Gasteiger partial charge < -0.3 is 9.64 Å². The molecule has 1 saturated carbocycles. The molecule has 0 N–H and O–H groups in total. The van der Waals surface area contributed by atoms with Crippen molar-refractivity contribution < 1.29 is 9.53 Å². The minimum absolute atomic E-state index is 0.0253. The summed E-state index contributed by atoms with van der Waals surface area (Å²) in [7, 11) is 0. The third kappa shape index (κ3) is 3.60. The van der Waals surface area contributed by atoms with E-state index in [-0.39, 0.29) is 5.91 Å². The van der Waals surface area contributed by atoms with Crippen LogP contribution in [0.25, 0.3) is 0 Å². The van der Waals surface area contributed by atoms with E-state index in [4.69, 9.17) is 4.74 Å². The van der Waals surface area contributed by atoms with Gasteiger partial charge in [-0.05, 0) is 51.1 Å². The Kier molecular flexibility index (Phi) is 5.13. The van der Waals surface area contributed by atoms with Crippen LogP contribution in [-0.2, 0) is 11.3 Å². The van der Waals surface area contributed by atoms with Crippen molar-refractivity contribution in [2.75, 3.05) is 39.4 Å². The highest BCUT2D eigenvalue weighted by Crippen LogP contribution is 2.56. The summed E-state index contributed by atoms with van der Waals surface area (Å²) in [5.74, 6) is -0.0253. The highest BCUT2D eigenvalue weighted by Gasteiger charge is 2.49. The first-order valence-electron chi connectivity index (χ1n) is 10.5. The lowest BCUT2D eigenvalue weighted by atomic mass is 9.59. The molecule has 1 spiro atoms. The molecular weight excluding hydrogens is 388 g/mol. The fourth-order valence-electron chi connectivity index (χ4n) is 4.97. The monoisotopic (exact) mass is 416 g/mol. The average molecular weight is 417 g/mol. The number of hydrogen-bond donors (Lipinski definition) is 0. The maximum atomic E-state index is 12.7. The van der Waals surface area contributed by atoms with Crippen molar-refractivity contribution in [2.24, 2.45) is 5.41 Å². The normalized spacial score (nSPS) is 24.6. The molecule has 1 aliphatic carbocycles. The van der Waals surface area contributed by atoms with E-state index in [1.54, 1.807) is 11.3 Å². The van der Waals surface area contributed by atoms with E-state index in [0.717, 1.165) is 31.7 Å². The van der Waals surface area contributed by atoms with Gasteiger partial charge in [0, 0.05) is 24.5 Å². The molecular formula is C20H28N6O2S. The number of piperidine rings is 1. The van der Waals surface area contributed by atoms with Gasteiger partial charge in [0.2, 0.25) is 0 Å². The van der Waals surface area contributed by atoms with E-state index in [9.17, 15) is 4.79 Å². The number of carbonyl (C=O) groups is 1. The minimum atomic E-state index is -0.0253. The number of ether oxygens (including phenoxy) is 1. The first-order valence-corrected chi connectivity index (χ1v) is 11.4. The Labute approximate surface area is 174 Å².